The van der Waals surface area contributed by atoms with Crippen molar-refractivity contribution in [2.45, 2.75) is 77.8 Å². The van der Waals surface area contributed by atoms with E-state index in [1.807, 2.05) is 0 Å². The summed E-state index contributed by atoms with van der Waals surface area (Å²) < 4.78 is 11.7. The molecule has 1 heterocycles. The van der Waals surface area contributed by atoms with Gasteiger partial charge in [0, 0.05) is 5.41 Å². The lowest BCUT2D eigenvalue weighted by Gasteiger charge is -2.40. The Morgan fingerprint density at radius 3 is 1.64 bits per heavy atom. The van der Waals surface area contributed by atoms with Gasteiger partial charge in [-0.15, -0.1) is 12.0 Å². The fourth-order valence-corrected chi connectivity index (χ4v) is 8.74. The minimum Gasteiger partial charge on any atom is -0.329 e. The lowest BCUT2D eigenvalue weighted by Crippen LogP contribution is -2.47. The summed E-state index contributed by atoms with van der Waals surface area (Å²) in [6.07, 6.45) is 5.70. The van der Waals surface area contributed by atoms with Crippen LogP contribution in [0.3, 0.4) is 0 Å². The van der Waals surface area contributed by atoms with Crippen LogP contribution in [0.15, 0.2) is 0 Å². The van der Waals surface area contributed by atoms with Gasteiger partial charge in [0.25, 0.3) is 5.79 Å². The fraction of sp³-hybridized carbons (Fsp3) is 0.789. The molecule has 0 unspecified atom stereocenters. The number of rotatable bonds is 3. The van der Waals surface area contributed by atoms with Crippen LogP contribution in [0.4, 0.5) is 0 Å². The summed E-state index contributed by atoms with van der Waals surface area (Å²) in [7, 11) is -1.83. The van der Waals surface area contributed by atoms with E-state index in [1.54, 1.807) is 0 Å². The third-order valence-electron chi connectivity index (χ3n) is 4.83. The molecule has 2 nitrogen and oxygen atoms in total. The lowest BCUT2D eigenvalue weighted by molar-refractivity contribution is -0.234. The molecule has 1 rings (SSSR count). The zero-order valence-electron chi connectivity index (χ0n) is 15.5. The molecular formula is C19H32O2Si. The van der Waals surface area contributed by atoms with Crippen LogP contribution >= 0.6 is 0 Å². The van der Waals surface area contributed by atoms with Gasteiger partial charge in [-0.1, -0.05) is 55.4 Å². The maximum atomic E-state index is 5.85. The molecule has 0 bridgehead atoms. The summed E-state index contributed by atoms with van der Waals surface area (Å²) in [6.45, 7) is 19.1. The van der Waals surface area contributed by atoms with Gasteiger partial charge in [0.15, 0.2) is 0 Å². The van der Waals surface area contributed by atoms with E-state index in [0.29, 0.717) is 29.8 Å². The second-order valence-corrected chi connectivity index (χ2v) is 13.7. The first-order valence-corrected chi connectivity index (χ1v) is 10.5. The van der Waals surface area contributed by atoms with Crippen molar-refractivity contribution in [2.75, 3.05) is 13.2 Å². The number of hydrogen-bond acceptors (Lipinski definition) is 2. The molecule has 0 aromatic rings. The Hall–Kier alpha value is -0.743. The lowest BCUT2D eigenvalue weighted by atomic mass is 9.95. The van der Waals surface area contributed by atoms with Crippen molar-refractivity contribution in [1.82, 2.24) is 0 Å². The molecule has 0 N–H and O–H groups in total. The van der Waals surface area contributed by atoms with Gasteiger partial charge in [-0.2, -0.15) is 0 Å². The zero-order chi connectivity index (χ0) is 17.2. The monoisotopic (exact) mass is 320 g/mol. The molecule has 0 aliphatic carbocycles. The smallest absolute Gasteiger partial charge is 0.299 e. The van der Waals surface area contributed by atoms with E-state index in [1.165, 1.54) is 0 Å². The van der Waals surface area contributed by atoms with Gasteiger partial charge in [-0.3, -0.25) is 0 Å². The average molecular weight is 321 g/mol. The number of ether oxygens (including phenoxy) is 2. The molecule has 1 saturated heterocycles. The van der Waals surface area contributed by atoms with Gasteiger partial charge in [-0.05, 0) is 28.5 Å². The highest BCUT2D eigenvalue weighted by Crippen LogP contribution is 2.41. The molecule has 0 aromatic carbocycles. The maximum absolute atomic E-state index is 5.85. The highest BCUT2D eigenvalue weighted by atomic mass is 28.3. The summed E-state index contributed by atoms with van der Waals surface area (Å²) in [5, 5.41) is 0. The fourth-order valence-electron chi connectivity index (χ4n) is 3.49. The standard InChI is InChI=1S/C19H32O2Si/c1-10-19(20-13-18(8,9)14-21-19)11-12-22(15(2)3,16(4)5)17(6)7/h1,15-17H,13-14H2,2-9H3. The van der Waals surface area contributed by atoms with Crippen LogP contribution in [0.25, 0.3) is 0 Å². The highest BCUT2D eigenvalue weighted by Gasteiger charge is 2.44. The third kappa shape index (κ3) is 3.77. The summed E-state index contributed by atoms with van der Waals surface area (Å²) in [6, 6.07) is 0. The van der Waals surface area contributed by atoms with E-state index < -0.39 is 13.9 Å². The van der Waals surface area contributed by atoms with E-state index >= 15 is 0 Å². The molecule has 1 aliphatic heterocycles. The topological polar surface area (TPSA) is 18.5 Å². The number of terminal acetylenes is 1. The minimum absolute atomic E-state index is 0.00924. The van der Waals surface area contributed by atoms with Gasteiger partial charge < -0.3 is 9.47 Å². The Balaban J connectivity index is 3.19. The average Bonchev–Trinajstić information content (AvgIpc) is 2.40. The van der Waals surface area contributed by atoms with Gasteiger partial charge in [0.05, 0.1) is 13.2 Å². The Labute approximate surface area is 138 Å². The predicted molar refractivity (Wildman–Crippen MR) is 96.1 cm³/mol. The van der Waals surface area contributed by atoms with Crippen LogP contribution < -0.4 is 0 Å². The summed E-state index contributed by atoms with van der Waals surface area (Å²) >= 11 is 0. The molecule has 124 valence electrons. The van der Waals surface area contributed by atoms with Crippen LogP contribution in [0.2, 0.25) is 16.6 Å². The van der Waals surface area contributed by atoms with E-state index in [4.69, 9.17) is 15.9 Å². The van der Waals surface area contributed by atoms with Gasteiger partial charge in [0.2, 0.25) is 0 Å². The maximum Gasteiger partial charge on any atom is 0.299 e. The zero-order valence-corrected chi connectivity index (χ0v) is 16.5. The van der Waals surface area contributed by atoms with Crippen LogP contribution in [0.1, 0.15) is 55.4 Å². The first-order valence-electron chi connectivity index (χ1n) is 8.31. The SMILES string of the molecule is C#CC1(C#C[Si](C(C)C)(C(C)C)C(C)C)OCC(C)(C)CO1. The molecule has 0 radical (unpaired) electrons. The Kier molecular flexibility index (Phi) is 5.96. The third-order valence-corrected chi connectivity index (χ3v) is 11.1. The second-order valence-electron chi connectivity index (χ2n) is 8.15. The van der Waals surface area contributed by atoms with Crippen LogP contribution in [-0.4, -0.2) is 27.1 Å². The molecule has 1 fully saturated rings. The van der Waals surface area contributed by atoms with Crippen molar-refractivity contribution in [3.8, 4) is 23.8 Å². The molecule has 1 aliphatic rings. The first-order chi connectivity index (χ1) is 10.0. The van der Waals surface area contributed by atoms with Crippen molar-refractivity contribution in [3.63, 3.8) is 0 Å². The molecule has 0 spiro atoms. The van der Waals surface area contributed by atoms with E-state index in [-0.39, 0.29) is 5.41 Å². The predicted octanol–water partition coefficient (Wildman–Crippen LogP) is 4.61. The molecule has 0 saturated carbocycles. The van der Waals surface area contributed by atoms with Gasteiger partial charge in [-0.25, -0.2) is 0 Å². The molecule has 3 heteroatoms. The van der Waals surface area contributed by atoms with Crippen LogP contribution in [0.5, 0.6) is 0 Å². The van der Waals surface area contributed by atoms with Crippen molar-refractivity contribution in [2.24, 2.45) is 5.41 Å². The molecule has 0 atom stereocenters. The Bertz CT molecular complexity index is 454. The Morgan fingerprint density at radius 1 is 0.909 bits per heavy atom. The normalized spacial score (nSPS) is 20.6. The molecule has 0 aromatic heterocycles. The van der Waals surface area contributed by atoms with Crippen LogP contribution in [0, 0.1) is 29.2 Å². The van der Waals surface area contributed by atoms with E-state index in [2.05, 4.69) is 72.8 Å². The van der Waals surface area contributed by atoms with Crippen molar-refractivity contribution in [1.29, 1.82) is 0 Å². The molecular weight excluding hydrogens is 288 g/mol. The van der Waals surface area contributed by atoms with E-state index in [0.717, 1.165) is 0 Å². The first kappa shape index (κ1) is 19.3. The number of hydrogen-bond donors (Lipinski definition) is 0. The Morgan fingerprint density at radius 2 is 1.32 bits per heavy atom. The van der Waals surface area contributed by atoms with Gasteiger partial charge in [0.1, 0.15) is 8.07 Å². The van der Waals surface area contributed by atoms with Gasteiger partial charge >= 0.3 is 0 Å². The molecule has 0 amide bonds. The summed E-state index contributed by atoms with van der Waals surface area (Å²) in [5.74, 6) is 4.73. The second kappa shape index (κ2) is 6.79. The van der Waals surface area contributed by atoms with Crippen molar-refractivity contribution in [3.05, 3.63) is 0 Å². The largest absolute Gasteiger partial charge is 0.329 e. The van der Waals surface area contributed by atoms with Crippen molar-refractivity contribution < 1.29 is 9.47 Å². The van der Waals surface area contributed by atoms with E-state index in [9.17, 15) is 0 Å². The molecule has 22 heavy (non-hydrogen) atoms. The highest BCUT2D eigenvalue weighted by molar-refractivity contribution is 6.90. The summed E-state index contributed by atoms with van der Waals surface area (Å²) in [4.78, 5) is 0. The quantitative estimate of drug-likeness (QED) is 0.558. The van der Waals surface area contributed by atoms with Crippen molar-refractivity contribution >= 4 is 8.07 Å². The minimum atomic E-state index is -1.83. The summed E-state index contributed by atoms with van der Waals surface area (Å²) in [5.41, 5.74) is 5.30. The van der Waals surface area contributed by atoms with Crippen LogP contribution in [-0.2, 0) is 9.47 Å².